The molecule has 3 aliphatic rings. The molecule has 9 nitrogen and oxygen atoms in total. The van der Waals surface area contributed by atoms with Gasteiger partial charge in [-0.05, 0) is 43.3 Å². The zero-order valence-corrected chi connectivity index (χ0v) is 25.7. The number of morpholine rings is 1. The summed E-state index contributed by atoms with van der Waals surface area (Å²) in [4.78, 5) is 31.8. The van der Waals surface area contributed by atoms with Crippen LogP contribution in [0.3, 0.4) is 0 Å². The van der Waals surface area contributed by atoms with Crippen LogP contribution in [0.2, 0.25) is 0 Å². The summed E-state index contributed by atoms with van der Waals surface area (Å²) in [7, 11) is 2.11. The number of rotatable bonds is 8. The Balaban J connectivity index is 1.31. The average molecular weight is 585 g/mol. The van der Waals surface area contributed by atoms with Crippen molar-refractivity contribution in [2.75, 3.05) is 69.3 Å². The van der Waals surface area contributed by atoms with Gasteiger partial charge in [-0.2, -0.15) is 9.97 Å². The monoisotopic (exact) mass is 584 g/mol. The molecule has 3 aromatic rings. The SMILES string of the molecule is C=CC(=O)N1CCN(c2nc(OC[C@@H]3CN(C)CCO3)nc3c2CCN(c2cccc4ccccc24)C3)CC1CC(C)C. The largest absolute Gasteiger partial charge is 0.461 e. The first-order chi connectivity index (χ1) is 20.9. The molecule has 0 saturated carbocycles. The van der Waals surface area contributed by atoms with Gasteiger partial charge in [0.25, 0.3) is 0 Å². The topological polar surface area (TPSA) is 74.3 Å². The third-order valence-electron chi connectivity index (χ3n) is 8.85. The number of anilines is 2. The fourth-order valence-electron chi connectivity index (χ4n) is 6.74. The van der Waals surface area contributed by atoms with Crippen LogP contribution in [-0.2, 0) is 22.5 Å². The maximum Gasteiger partial charge on any atom is 0.318 e. The molecule has 1 unspecified atom stereocenters. The summed E-state index contributed by atoms with van der Waals surface area (Å²) in [6.07, 6.45) is 3.19. The Kier molecular flexibility index (Phi) is 8.81. The molecule has 2 saturated heterocycles. The van der Waals surface area contributed by atoms with E-state index in [1.807, 2.05) is 4.90 Å². The van der Waals surface area contributed by atoms with Gasteiger partial charge < -0.3 is 29.1 Å². The molecule has 0 N–H and O–H groups in total. The minimum Gasteiger partial charge on any atom is -0.461 e. The number of carbonyl (C=O) groups excluding carboxylic acids is 1. The van der Waals surface area contributed by atoms with Gasteiger partial charge in [0.15, 0.2) is 0 Å². The van der Waals surface area contributed by atoms with Crippen molar-refractivity contribution in [2.45, 2.75) is 45.4 Å². The summed E-state index contributed by atoms with van der Waals surface area (Å²) in [5, 5.41) is 2.48. The highest BCUT2D eigenvalue weighted by atomic mass is 16.5. The zero-order chi connectivity index (χ0) is 29.9. The molecule has 43 heavy (non-hydrogen) atoms. The van der Waals surface area contributed by atoms with Gasteiger partial charge in [-0.1, -0.05) is 56.8 Å². The van der Waals surface area contributed by atoms with E-state index in [2.05, 4.69) is 84.6 Å². The first-order valence-corrected chi connectivity index (χ1v) is 15.6. The molecule has 0 bridgehead atoms. The molecule has 228 valence electrons. The van der Waals surface area contributed by atoms with Gasteiger partial charge in [-0.15, -0.1) is 0 Å². The van der Waals surface area contributed by atoms with Crippen molar-refractivity contribution in [1.82, 2.24) is 19.8 Å². The molecule has 2 atom stereocenters. The minimum atomic E-state index is -0.0158. The molecule has 2 fully saturated rings. The van der Waals surface area contributed by atoms with E-state index in [0.29, 0.717) is 44.8 Å². The summed E-state index contributed by atoms with van der Waals surface area (Å²) in [5.41, 5.74) is 3.41. The number of hydrogen-bond donors (Lipinski definition) is 0. The van der Waals surface area contributed by atoms with Gasteiger partial charge >= 0.3 is 6.01 Å². The molecule has 4 heterocycles. The molecular weight excluding hydrogens is 540 g/mol. The second kappa shape index (κ2) is 12.9. The summed E-state index contributed by atoms with van der Waals surface area (Å²) in [6, 6.07) is 15.5. The van der Waals surface area contributed by atoms with Crippen LogP contribution in [0.1, 0.15) is 31.5 Å². The van der Waals surface area contributed by atoms with Crippen molar-refractivity contribution in [3.05, 3.63) is 66.4 Å². The zero-order valence-electron chi connectivity index (χ0n) is 25.7. The van der Waals surface area contributed by atoms with Gasteiger partial charge in [-0.3, -0.25) is 4.79 Å². The van der Waals surface area contributed by atoms with Crippen molar-refractivity contribution in [3.63, 3.8) is 0 Å². The van der Waals surface area contributed by atoms with Crippen molar-refractivity contribution >= 4 is 28.2 Å². The molecule has 2 aromatic carbocycles. The third kappa shape index (κ3) is 6.48. The maximum atomic E-state index is 12.7. The maximum absolute atomic E-state index is 12.7. The molecule has 0 spiro atoms. The first-order valence-electron chi connectivity index (χ1n) is 15.6. The third-order valence-corrected chi connectivity index (χ3v) is 8.85. The fraction of sp³-hybridized carbons (Fsp3) is 0.500. The summed E-state index contributed by atoms with van der Waals surface area (Å²) in [5.74, 6) is 1.41. The first kappa shape index (κ1) is 29.4. The van der Waals surface area contributed by atoms with Crippen molar-refractivity contribution < 1.29 is 14.3 Å². The van der Waals surface area contributed by atoms with E-state index in [0.717, 1.165) is 50.5 Å². The minimum absolute atomic E-state index is 0.00205. The molecule has 3 aliphatic heterocycles. The number of fused-ring (bicyclic) bond motifs is 2. The van der Waals surface area contributed by atoms with E-state index in [-0.39, 0.29) is 18.1 Å². The smallest absolute Gasteiger partial charge is 0.318 e. The van der Waals surface area contributed by atoms with Crippen LogP contribution in [0.15, 0.2) is 55.1 Å². The second-order valence-electron chi connectivity index (χ2n) is 12.5. The Labute approximate surface area is 255 Å². The van der Waals surface area contributed by atoms with E-state index in [4.69, 9.17) is 19.4 Å². The normalized spacial score (nSPS) is 21.3. The number of likely N-dealkylation sites (N-methyl/N-ethyl adjacent to an activating group) is 1. The van der Waals surface area contributed by atoms with Gasteiger partial charge in [0.05, 0.1) is 18.8 Å². The lowest BCUT2D eigenvalue weighted by atomic mass is 9.98. The highest BCUT2D eigenvalue weighted by molar-refractivity contribution is 5.94. The highest BCUT2D eigenvalue weighted by Crippen LogP contribution is 2.35. The Hall–Kier alpha value is -3.69. The number of nitrogens with zero attached hydrogens (tertiary/aromatic N) is 6. The van der Waals surface area contributed by atoms with Crippen LogP contribution < -0.4 is 14.5 Å². The number of hydrogen-bond acceptors (Lipinski definition) is 8. The summed E-state index contributed by atoms with van der Waals surface area (Å²) >= 11 is 0. The number of aromatic nitrogens is 2. The van der Waals surface area contributed by atoms with Crippen LogP contribution in [0, 0.1) is 5.92 Å². The van der Waals surface area contributed by atoms with Crippen LogP contribution >= 0.6 is 0 Å². The molecule has 1 aromatic heterocycles. The van der Waals surface area contributed by atoms with Crippen molar-refractivity contribution in [1.29, 1.82) is 0 Å². The standard InChI is InChI=1S/C34H44N6O3/c1-5-32(41)40-16-15-39(20-26(40)19-24(2)3)33-29-13-14-38(31-12-8-10-25-9-6-7-11-28(25)31)22-30(29)35-34(36-33)43-23-27-21-37(4)17-18-42-27/h5-12,24,26-27H,1,13-23H2,2-4H3/t26?,27-/m0/s1. The lowest BCUT2D eigenvalue weighted by molar-refractivity contribution is -0.129. The molecular formula is C34H44N6O3. The average Bonchev–Trinajstić information content (AvgIpc) is 3.02. The Morgan fingerprint density at radius 2 is 1.91 bits per heavy atom. The summed E-state index contributed by atoms with van der Waals surface area (Å²) < 4.78 is 12.2. The predicted molar refractivity (Wildman–Crippen MR) is 171 cm³/mol. The van der Waals surface area contributed by atoms with E-state index in [1.165, 1.54) is 28.1 Å². The highest BCUT2D eigenvalue weighted by Gasteiger charge is 2.34. The van der Waals surface area contributed by atoms with Gasteiger partial charge in [0.2, 0.25) is 5.91 Å². The predicted octanol–water partition coefficient (Wildman–Crippen LogP) is 4.15. The van der Waals surface area contributed by atoms with Crippen LogP contribution in [0.25, 0.3) is 10.8 Å². The van der Waals surface area contributed by atoms with Gasteiger partial charge in [0.1, 0.15) is 18.5 Å². The van der Waals surface area contributed by atoms with E-state index in [1.54, 1.807) is 0 Å². The summed E-state index contributed by atoms with van der Waals surface area (Å²) in [6.45, 7) is 14.7. The Morgan fingerprint density at radius 3 is 2.72 bits per heavy atom. The van der Waals surface area contributed by atoms with Crippen LogP contribution in [0.4, 0.5) is 11.5 Å². The lowest BCUT2D eigenvalue weighted by Gasteiger charge is -2.43. The number of ether oxygens (including phenoxy) is 2. The van der Waals surface area contributed by atoms with E-state index in [9.17, 15) is 4.79 Å². The van der Waals surface area contributed by atoms with Crippen molar-refractivity contribution in [2.24, 2.45) is 5.92 Å². The molecule has 1 amide bonds. The lowest BCUT2D eigenvalue weighted by Crippen LogP contribution is -2.56. The fourth-order valence-corrected chi connectivity index (χ4v) is 6.74. The molecule has 0 radical (unpaired) electrons. The molecule has 9 heteroatoms. The number of carbonyl (C=O) groups is 1. The van der Waals surface area contributed by atoms with Crippen molar-refractivity contribution in [3.8, 4) is 6.01 Å². The molecule has 0 aliphatic carbocycles. The number of benzene rings is 2. The van der Waals surface area contributed by atoms with Gasteiger partial charge in [-0.25, -0.2) is 0 Å². The van der Waals surface area contributed by atoms with E-state index < -0.39 is 0 Å². The van der Waals surface area contributed by atoms with E-state index >= 15 is 0 Å². The quantitative estimate of drug-likeness (QED) is 0.366. The van der Waals surface area contributed by atoms with Crippen LogP contribution in [0.5, 0.6) is 6.01 Å². The molecule has 6 rings (SSSR count). The number of amides is 1. The number of piperazine rings is 1. The Morgan fingerprint density at radius 1 is 1.07 bits per heavy atom. The Bertz CT molecular complexity index is 1460. The second-order valence-corrected chi connectivity index (χ2v) is 12.5. The van der Waals surface area contributed by atoms with Crippen LogP contribution in [-0.4, -0.2) is 97.4 Å². The van der Waals surface area contributed by atoms with Gasteiger partial charge in [0, 0.05) is 61.9 Å².